The number of rotatable bonds is 4. The number of hydrogen-bond donors (Lipinski definition) is 1. The third kappa shape index (κ3) is 2.42. The molecule has 3 aromatic rings. The predicted molar refractivity (Wildman–Crippen MR) is 81.9 cm³/mol. The number of imidazole rings is 1. The number of aromatic nitrogens is 2. The molecule has 0 unspecified atom stereocenters. The molecule has 0 fully saturated rings. The molecule has 0 amide bonds. The molecule has 2 aromatic carbocycles. The zero-order valence-electron chi connectivity index (χ0n) is 11.0. The van der Waals surface area contributed by atoms with Crippen LogP contribution >= 0.6 is 11.6 Å². The summed E-state index contributed by atoms with van der Waals surface area (Å²) >= 11 is 6.07. The van der Waals surface area contributed by atoms with Crippen LogP contribution in [-0.4, -0.2) is 21.3 Å². The fourth-order valence-corrected chi connectivity index (χ4v) is 2.57. The lowest BCUT2D eigenvalue weighted by atomic mass is 10.2. The van der Waals surface area contributed by atoms with Crippen LogP contribution in [0.25, 0.3) is 22.4 Å². The van der Waals surface area contributed by atoms with Crippen LogP contribution in [0.1, 0.15) is 6.42 Å². The van der Waals surface area contributed by atoms with Gasteiger partial charge in [-0.2, -0.15) is 0 Å². The van der Waals surface area contributed by atoms with E-state index in [0.717, 1.165) is 29.0 Å². The topological polar surface area (TPSA) is 38.0 Å². The van der Waals surface area contributed by atoms with Gasteiger partial charge in [-0.15, -0.1) is 0 Å². The summed E-state index contributed by atoms with van der Waals surface area (Å²) in [5.74, 6) is 0.891. The highest BCUT2D eigenvalue weighted by Crippen LogP contribution is 2.26. The summed E-state index contributed by atoms with van der Waals surface area (Å²) in [6.45, 7) is 0.903. The third-order valence-electron chi connectivity index (χ3n) is 3.28. The Labute approximate surface area is 122 Å². The lowest BCUT2D eigenvalue weighted by Crippen LogP contribution is -2.02. The van der Waals surface area contributed by atoms with Gasteiger partial charge in [0, 0.05) is 23.7 Å². The Morgan fingerprint density at radius 2 is 1.95 bits per heavy atom. The molecule has 4 heteroatoms. The predicted octanol–water partition coefficient (Wildman–Crippen LogP) is 3.74. The van der Waals surface area contributed by atoms with Gasteiger partial charge in [-0.25, -0.2) is 4.98 Å². The summed E-state index contributed by atoms with van der Waals surface area (Å²) in [7, 11) is 0. The van der Waals surface area contributed by atoms with Gasteiger partial charge in [0.2, 0.25) is 0 Å². The highest BCUT2D eigenvalue weighted by molar-refractivity contribution is 6.30. The number of halogens is 1. The fraction of sp³-hybridized carbons (Fsp3) is 0.188. The minimum Gasteiger partial charge on any atom is -0.396 e. The van der Waals surface area contributed by atoms with Crippen LogP contribution < -0.4 is 0 Å². The number of aliphatic hydroxyl groups is 1. The number of para-hydroxylation sites is 2. The summed E-state index contributed by atoms with van der Waals surface area (Å²) in [6, 6.07) is 15.7. The van der Waals surface area contributed by atoms with Gasteiger partial charge in [0.15, 0.2) is 0 Å². The van der Waals surface area contributed by atoms with E-state index >= 15 is 0 Å². The van der Waals surface area contributed by atoms with E-state index in [1.807, 2.05) is 48.5 Å². The van der Waals surface area contributed by atoms with Gasteiger partial charge in [0.1, 0.15) is 5.82 Å². The second kappa shape index (κ2) is 5.65. The van der Waals surface area contributed by atoms with Crippen molar-refractivity contribution in [1.82, 2.24) is 9.55 Å². The Morgan fingerprint density at radius 3 is 2.75 bits per heavy atom. The third-order valence-corrected chi connectivity index (χ3v) is 3.51. The molecule has 1 heterocycles. The molecule has 0 saturated heterocycles. The van der Waals surface area contributed by atoms with E-state index in [1.165, 1.54) is 0 Å². The zero-order chi connectivity index (χ0) is 13.9. The van der Waals surface area contributed by atoms with E-state index in [2.05, 4.69) is 4.57 Å². The van der Waals surface area contributed by atoms with Crippen molar-refractivity contribution in [1.29, 1.82) is 0 Å². The summed E-state index contributed by atoms with van der Waals surface area (Å²) in [6.07, 6.45) is 0.702. The van der Waals surface area contributed by atoms with E-state index in [9.17, 15) is 0 Å². The average molecular weight is 287 g/mol. The fourth-order valence-electron chi connectivity index (χ4n) is 2.38. The molecule has 0 radical (unpaired) electrons. The zero-order valence-corrected chi connectivity index (χ0v) is 11.7. The Kier molecular flexibility index (Phi) is 3.72. The number of benzene rings is 2. The molecular weight excluding hydrogens is 272 g/mol. The first kappa shape index (κ1) is 13.2. The number of hydrogen-bond acceptors (Lipinski definition) is 2. The Balaban J connectivity index is 2.18. The standard InChI is InChI=1S/C16H15ClN2O/c17-13-6-3-5-12(11-13)16-18-14-7-1-2-8-15(14)19(16)9-4-10-20/h1-3,5-8,11,20H,4,9-10H2. The molecule has 0 aliphatic heterocycles. The van der Waals surface area contributed by atoms with E-state index in [0.29, 0.717) is 11.4 Å². The van der Waals surface area contributed by atoms with Crippen molar-refractivity contribution in [2.24, 2.45) is 0 Å². The van der Waals surface area contributed by atoms with Crippen LogP contribution in [0.3, 0.4) is 0 Å². The molecule has 1 N–H and O–H groups in total. The Bertz CT molecular complexity index is 736. The summed E-state index contributed by atoms with van der Waals surface area (Å²) in [5.41, 5.74) is 3.03. The highest BCUT2D eigenvalue weighted by atomic mass is 35.5. The van der Waals surface area contributed by atoms with E-state index in [-0.39, 0.29) is 6.61 Å². The van der Waals surface area contributed by atoms with Crippen LogP contribution in [0, 0.1) is 0 Å². The molecule has 0 aliphatic carbocycles. The van der Waals surface area contributed by atoms with Crippen molar-refractivity contribution in [2.45, 2.75) is 13.0 Å². The van der Waals surface area contributed by atoms with Gasteiger partial charge >= 0.3 is 0 Å². The van der Waals surface area contributed by atoms with Gasteiger partial charge in [0.25, 0.3) is 0 Å². The normalized spacial score (nSPS) is 11.1. The number of nitrogens with zero attached hydrogens (tertiary/aromatic N) is 2. The number of aryl methyl sites for hydroxylation is 1. The first-order chi connectivity index (χ1) is 9.79. The lowest BCUT2D eigenvalue weighted by Gasteiger charge is -2.08. The van der Waals surface area contributed by atoms with Crippen LogP contribution in [0.4, 0.5) is 0 Å². The van der Waals surface area contributed by atoms with Crippen molar-refractivity contribution in [3.05, 3.63) is 53.6 Å². The molecule has 0 saturated carbocycles. The Morgan fingerprint density at radius 1 is 1.10 bits per heavy atom. The minimum absolute atomic E-state index is 0.168. The van der Waals surface area contributed by atoms with Crippen LogP contribution in [-0.2, 0) is 6.54 Å². The Hall–Kier alpha value is -1.84. The van der Waals surface area contributed by atoms with Gasteiger partial charge < -0.3 is 9.67 Å². The highest BCUT2D eigenvalue weighted by Gasteiger charge is 2.12. The molecule has 1 aromatic heterocycles. The van der Waals surface area contributed by atoms with Crippen molar-refractivity contribution in [2.75, 3.05) is 6.61 Å². The molecule has 0 aliphatic rings. The number of fused-ring (bicyclic) bond motifs is 1. The summed E-state index contributed by atoms with van der Waals surface area (Å²) in [5, 5.41) is 9.79. The summed E-state index contributed by atoms with van der Waals surface area (Å²) < 4.78 is 2.14. The first-order valence-corrected chi connectivity index (χ1v) is 6.99. The maximum absolute atomic E-state index is 9.09. The van der Waals surface area contributed by atoms with E-state index < -0.39 is 0 Å². The average Bonchev–Trinajstić information content (AvgIpc) is 2.84. The second-order valence-corrected chi connectivity index (χ2v) is 5.10. The van der Waals surface area contributed by atoms with Crippen molar-refractivity contribution >= 4 is 22.6 Å². The SMILES string of the molecule is OCCCn1c(-c2cccc(Cl)c2)nc2ccccc21. The smallest absolute Gasteiger partial charge is 0.141 e. The van der Waals surface area contributed by atoms with Crippen molar-refractivity contribution in [3.8, 4) is 11.4 Å². The van der Waals surface area contributed by atoms with Crippen molar-refractivity contribution < 1.29 is 5.11 Å². The quantitative estimate of drug-likeness (QED) is 0.793. The second-order valence-electron chi connectivity index (χ2n) is 4.66. The van der Waals surface area contributed by atoms with Gasteiger partial charge in [0.05, 0.1) is 11.0 Å². The first-order valence-electron chi connectivity index (χ1n) is 6.61. The monoisotopic (exact) mass is 286 g/mol. The van der Waals surface area contributed by atoms with Gasteiger partial charge in [-0.1, -0.05) is 35.9 Å². The molecule has 20 heavy (non-hydrogen) atoms. The van der Waals surface area contributed by atoms with Gasteiger partial charge in [-0.3, -0.25) is 0 Å². The van der Waals surface area contributed by atoms with Crippen molar-refractivity contribution in [3.63, 3.8) is 0 Å². The largest absolute Gasteiger partial charge is 0.396 e. The summed E-state index contributed by atoms with van der Waals surface area (Å²) in [4.78, 5) is 4.70. The molecule has 3 rings (SSSR count). The molecular formula is C16H15ClN2O. The molecule has 0 spiro atoms. The van der Waals surface area contributed by atoms with Crippen LogP contribution in [0.15, 0.2) is 48.5 Å². The van der Waals surface area contributed by atoms with Crippen LogP contribution in [0.5, 0.6) is 0 Å². The minimum atomic E-state index is 0.168. The molecule has 0 bridgehead atoms. The molecule has 0 atom stereocenters. The van der Waals surface area contributed by atoms with Gasteiger partial charge in [-0.05, 0) is 30.7 Å². The maximum atomic E-state index is 9.09. The van der Waals surface area contributed by atoms with Crippen LogP contribution in [0.2, 0.25) is 5.02 Å². The molecule has 102 valence electrons. The molecule has 3 nitrogen and oxygen atoms in total. The maximum Gasteiger partial charge on any atom is 0.141 e. The number of aliphatic hydroxyl groups excluding tert-OH is 1. The van der Waals surface area contributed by atoms with E-state index in [4.69, 9.17) is 21.7 Å². The van der Waals surface area contributed by atoms with E-state index in [1.54, 1.807) is 0 Å². The lowest BCUT2D eigenvalue weighted by molar-refractivity contribution is 0.281.